The molecule has 80 valence electrons. The van der Waals surface area contributed by atoms with Crippen molar-refractivity contribution < 1.29 is 9.53 Å². The Balaban J connectivity index is 2.37. The Hall–Kier alpha value is -1.77. The zero-order valence-corrected chi connectivity index (χ0v) is 8.85. The summed E-state index contributed by atoms with van der Waals surface area (Å²) in [5.74, 6) is 0. The summed E-state index contributed by atoms with van der Waals surface area (Å²) in [4.78, 5) is 12.8. The molecule has 0 aliphatic rings. The van der Waals surface area contributed by atoms with Crippen molar-refractivity contribution in [2.45, 2.75) is 6.61 Å². The van der Waals surface area contributed by atoms with E-state index in [9.17, 15) is 4.79 Å². The van der Waals surface area contributed by atoms with Crippen molar-refractivity contribution in [2.24, 2.45) is 0 Å². The van der Waals surface area contributed by atoms with Crippen LogP contribution in [0.1, 0.15) is 5.56 Å². The molecule has 0 spiro atoms. The van der Waals surface area contributed by atoms with E-state index in [1.54, 1.807) is 13.1 Å². The number of carbonyl (C=O) groups excluding carboxylic acids is 1. The largest absolute Gasteiger partial charge is 0.445 e. The van der Waals surface area contributed by atoms with Crippen LogP contribution in [0.5, 0.6) is 0 Å². The van der Waals surface area contributed by atoms with Crippen molar-refractivity contribution in [1.82, 2.24) is 4.90 Å². The second-order valence-electron chi connectivity index (χ2n) is 3.21. The van der Waals surface area contributed by atoms with Gasteiger partial charge in [0.05, 0.1) is 0 Å². The SMILES string of the molecule is C=CCN(C)C(=O)OCc1ccccc1. The number of hydrogen-bond acceptors (Lipinski definition) is 2. The van der Waals surface area contributed by atoms with Gasteiger partial charge in [-0.2, -0.15) is 0 Å². The molecule has 1 aromatic carbocycles. The second-order valence-corrected chi connectivity index (χ2v) is 3.21. The molecule has 0 radical (unpaired) electrons. The average molecular weight is 205 g/mol. The molecule has 0 heterocycles. The van der Waals surface area contributed by atoms with Crippen LogP contribution < -0.4 is 0 Å². The quantitative estimate of drug-likeness (QED) is 0.706. The molecule has 0 aromatic heterocycles. The van der Waals surface area contributed by atoms with Crippen molar-refractivity contribution >= 4 is 6.09 Å². The van der Waals surface area contributed by atoms with Gasteiger partial charge >= 0.3 is 6.09 Å². The lowest BCUT2D eigenvalue weighted by Gasteiger charge is -2.14. The lowest BCUT2D eigenvalue weighted by Crippen LogP contribution is -2.27. The van der Waals surface area contributed by atoms with E-state index < -0.39 is 0 Å². The maximum atomic E-state index is 11.4. The van der Waals surface area contributed by atoms with Gasteiger partial charge in [0.2, 0.25) is 0 Å². The molecule has 0 unspecified atom stereocenters. The fourth-order valence-corrected chi connectivity index (χ4v) is 1.10. The zero-order valence-electron chi connectivity index (χ0n) is 8.85. The number of amides is 1. The number of rotatable bonds is 4. The van der Waals surface area contributed by atoms with Crippen LogP contribution in [0.3, 0.4) is 0 Å². The van der Waals surface area contributed by atoms with Gasteiger partial charge in [-0.05, 0) is 5.56 Å². The molecule has 3 nitrogen and oxygen atoms in total. The van der Waals surface area contributed by atoms with Gasteiger partial charge < -0.3 is 9.64 Å². The van der Waals surface area contributed by atoms with Crippen molar-refractivity contribution in [2.75, 3.05) is 13.6 Å². The van der Waals surface area contributed by atoms with Gasteiger partial charge in [-0.25, -0.2) is 4.79 Å². The fraction of sp³-hybridized carbons (Fsp3) is 0.250. The Morgan fingerprint density at radius 2 is 2.13 bits per heavy atom. The summed E-state index contributed by atoms with van der Waals surface area (Å²) >= 11 is 0. The minimum absolute atomic E-state index is 0.307. The van der Waals surface area contributed by atoms with Crippen molar-refractivity contribution in [3.63, 3.8) is 0 Å². The van der Waals surface area contributed by atoms with Crippen LogP contribution in [0.4, 0.5) is 4.79 Å². The molecule has 0 N–H and O–H groups in total. The van der Waals surface area contributed by atoms with E-state index in [0.29, 0.717) is 13.2 Å². The van der Waals surface area contributed by atoms with Gasteiger partial charge in [0, 0.05) is 13.6 Å². The van der Waals surface area contributed by atoms with Gasteiger partial charge in [-0.3, -0.25) is 0 Å². The molecule has 0 saturated carbocycles. The third kappa shape index (κ3) is 3.85. The maximum Gasteiger partial charge on any atom is 0.410 e. The first-order valence-corrected chi connectivity index (χ1v) is 4.76. The Labute approximate surface area is 90.0 Å². The van der Waals surface area contributed by atoms with Crippen LogP contribution >= 0.6 is 0 Å². The van der Waals surface area contributed by atoms with Gasteiger partial charge in [0.1, 0.15) is 6.61 Å². The second kappa shape index (κ2) is 5.86. The Morgan fingerprint density at radius 3 is 2.73 bits per heavy atom. The van der Waals surface area contributed by atoms with E-state index in [-0.39, 0.29) is 6.09 Å². The van der Waals surface area contributed by atoms with Crippen molar-refractivity contribution in [3.05, 3.63) is 48.6 Å². The number of ether oxygens (including phenoxy) is 1. The van der Waals surface area contributed by atoms with Crippen LogP contribution in [-0.4, -0.2) is 24.6 Å². The Morgan fingerprint density at radius 1 is 1.47 bits per heavy atom. The van der Waals surface area contributed by atoms with E-state index in [1.165, 1.54) is 4.90 Å². The van der Waals surface area contributed by atoms with Crippen LogP contribution in [0, 0.1) is 0 Å². The third-order valence-electron chi connectivity index (χ3n) is 1.92. The number of likely N-dealkylation sites (N-methyl/N-ethyl adjacent to an activating group) is 1. The number of nitrogens with zero attached hydrogens (tertiary/aromatic N) is 1. The van der Waals surface area contributed by atoms with Gasteiger partial charge in [0.25, 0.3) is 0 Å². The summed E-state index contributed by atoms with van der Waals surface area (Å²) in [5, 5.41) is 0. The van der Waals surface area contributed by atoms with Gasteiger partial charge in [-0.15, -0.1) is 6.58 Å². The highest BCUT2D eigenvalue weighted by Gasteiger charge is 2.07. The zero-order chi connectivity index (χ0) is 11.1. The predicted molar refractivity (Wildman–Crippen MR) is 59.5 cm³/mol. The first kappa shape index (κ1) is 11.3. The summed E-state index contributed by atoms with van der Waals surface area (Å²) < 4.78 is 5.08. The fourth-order valence-electron chi connectivity index (χ4n) is 1.10. The minimum atomic E-state index is -0.334. The topological polar surface area (TPSA) is 29.5 Å². The van der Waals surface area contributed by atoms with Crippen molar-refractivity contribution in [3.8, 4) is 0 Å². The van der Waals surface area contributed by atoms with E-state index in [1.807, 2.05) is 30.3 Å². The first-order chi connectivity index (χ1) is 7.24. The van der Waals surface area contributed by atoms with Crippen LogP contribution in [0.25, 0.3) is 0 Å². The average Bonchev–Trinajstić information content (AvgIpc) is 2.27. The third-order valence-corrected chi connectivity index (χ3v) is 1.92. The highest BCUT2D eigenvalue weighted by molar-refractivity contribution is 5.67. The molecule has 1 aromatic rings. The molecule has 1 amide bonds. The predicted octanol–water partition coefficient (Wildman–Crippen LogP) is 2.44. The summed E-state index contributed by atoms with van der Waals surface area (Å²) in [6, 6.07) is 9.59. The van der Waals surface area contributed by atoms with Crippen LogP contribution in [0.15, 0.2) is 43.0 Å². The molecule has 0 aliphatic heterocycles. The monoisotopic (exact) mass is 205 g/mol. The van der Waals surface area contributed by atoms with Crippen LogP contribution in [-0.2, 0) is 11.3 Å². The molecule has 15 heavy (non-hydrogen) atoms. The molecule has 0 bridgehead atoms. The normalized spacial score (nSPS) is 9.40. The summed E-state index contributed by atoms with van der Waals surface area (Å²) in [6.45, 7) is 4.35. The Kier molecular flexibility index (Phi) is 4.41. The number of benzene rings is 1. The summed E-state index contributed by atoms with van der Waals surface area (Å²) in [7, 11) is 1.68. The van der Waals surface area contributed by atoms with Gasteiger partial charge in [-0.1, -0.05) is 36.4 Å². The molecule has 0 atom stereocenters. The number of hydrogen-bond donors (Lipinski definition) is 0. The molecule has 0 aliphatic carbocycles. The summed E-state index contributed by atoms with van der Waals surface area (Å²) in [6.07, 6.45) is 1.32. The highest BCUT2D eigenvalue weighted by Crippen LogP contribution is 2.02. The summed E-state index contributed by atoms with van der Waals surface area (Å²) in [5.41, 5.74) is 0.984. The van der Waals surface area contributed by atoms with E-state index in [2.05, 4.69) is 6.58 Å². The molecule has 0 fully saturated rings. The smallest absolute Gasteiger partial charge is 0.410 e. The van der Waals surface area contributed by atoms with Crippen LogP contribution in [0.2, 0.25) is 0 Å². The van der Waals surface area contributed by atoms with E-state index >= 15 is 0 Å². The molecular weight excluding hydrogens is 190 g/mol. The van der Waals surface area contributed by atoms with E-state index in [4.69, 9.17) is 4.74 Å². The Bertz CT molecular complexity index is 322. The van der Waals surface area contributed by atoms with E-state index in [0.717, 1.165) is 5.56 Å². The van der Waals surface area contributed by atoms with Crippen molar-refractivity contribution in [1.29, 1.82) is 0 Å². The number of carbonyl (C=O) groups is 1. The first-order valence-electron chi connectivity index (χ1n) is 4.76. The standard InChI is InChI=1S/C12H15NO2/c1-3-9-13(2)12(14)15-10-11-7-5-4-6-8-11/h3-8H,1,9-10H2,2H3. The molecule has 1 rings (SSSR count). The molecular formula is C12H15NO2. The highest BCUT2D eigenvalue weighted by atomic mass is 16.6. The molecule has 3 heteroatoms. The molecule has 0 saturated heterocycles. The lowest BCUT2D eigenvalue weighted by molar-refractivity contribution is 0.108. The lowest BCUT2D eigenvalue weighted by atomic mass is 10.2. The maximum absolute atomic E-state index is 11.4. The van der Waals surface area contributed by atoms with Gasteiger partial charge in [0.15, 0.2) is 0 Å². The minimum Gasteiger partial charge on any atom is -0.445 e.